The van der Waals surface area contributed by atoms with Gasteiger partial charge in [0.05, 0.1) is 18.5 Å². The number of esters is 1. The quantitative estimate of drug-likeness (QED) is 0.811. The highest BCUT2D eigenvalue weighted by atomic mass is 16.5. The van der Waals surface area contributed by atoms with Crippen molar-refractivity contribution in [3.63, 3.8) is 0 Å². The van der Waals surface area contributed by atoms with E-state index < -0.39 is 5.97 Å². The van der Waals surface area contributed by atoms with Gasteiger partial charge in [-0.05, 0) is 13.8 Å². The minimum Gasteiger partial charge on any atom is -0.461 e. The van der Waals surface area contributed by atoms with E-state index in [9.17, 15) is 4.79 Å². The number of rotatable bonds is 4. The molecule has 2 heterocycles. The van der Waals surface area contributed by atoms with Gasteiger partial charge in [0, 0.05) is 12.7 Å². The van der Waals surface area contributed by atoms with Gasteiger partial charge in [0.25, 0.3) is 0 Å². The van der Waals surface area contributed by atoms with Crippen molar-refractivity contribution in [2.45, 2.75) is 20.4 Å². The lowest BCUT2D eigenvalue weighted by molar-refractivity contribution is 0.0521. The molecule has 0 saturated carbocycles. The zero-order valence-electron chi connectivity index (χ0n) is 10.3. The molecule has 0 aliphatic heterocycles. The number of carbonyl (C=O) groups is 1. The van der Waals surface area contributed by atoms with Crippen LogP contribution in [0.5, 0.6) is 0 Å². The number of aromatic nitrogens is 4. The standard InChI is InChI=1S/C11H15N5O2/c1-3-15-6-8(5-14-15)16-7-13-9(10(16)12)11(17)18-4-2/h5-7H,3-4,12H2,1-2H3. The SMILES string of the molecule is CCOC(=O)c1ncn(-c2cnn(CC)c2)c1N. The Hall–Kier alpha value is -2.31. The van der Waals surface area contributed by atoms with Crippen LogP contribution < -0.4 is 5.73 Å². The number of imidazole rings is 1. The summed E-state index contributed by atoms with van der Waals surface area (Å²) in [5.74, 6) is -0.263. The summed E-state index contributed by atoms with van der Waals surface area (Å²) >= 11 is 0. The molecule has 0 spiro atoms. The number of nitrogen functional groups attached to an aromatic ring is 1. The van der Waals surface area contributed by atoms with Gasteiger partial charge in [-0.3, -0.25) is 9.25 Å². The topological polar surface area (TPSA) is 88.0 Å². The van der Waals surface area contributed by atoms with Gasteiger partial charge in [-0.25, -0.2) is 9.78 Å². The van der Waals surface area contributed by atoms with Crippen LogP contribution in [0.4, 0.5) is 5.82 Å². The summed E-state index contributed by atoms with van der Waals surface area (Å²) in [4.78, 5) is 15.5. The molecule has 0 unspecified atom stereocenters. The third-order valence-corrected chi connectivity index (χ3v) is 2.50. The predicted octanol–water partition coefficient (Wildman–Crippen LogP) is 0.848. The first-order chi connectivity index (χ1) is 8.67. The maximum Gasteiger partial charge on any atom is 0.360 e. The molecule has 2 aromatic heterocycles. The van der Waals surface area contributed by atoms with Gasteiger partial charge >= 0.3 is 5.97 Å². The number of aryl methyl sites for hydroxylation is 1. The molecule has 2 N–H and O–H groups in total. The summed E-state index contributed by atoms with van der Waals surface area (Å²) in [5, 5.41) is 4.14. The lowest BCUT2D eigenvalue weighted by Crippen LogP contribution is -2.09. The maximum atomic E-state index is 11.6. The summed E-state index contributed by atoms with van der Waals surface area (Å²) < 4.78 is 8.23. The predicted molar refractivity (Wildman–Crippen MR) is 65.4 cm³/mol. The van der Waals surface area contributed by atoms with E-state index in [-0.39, 0.29) is 11.5 Å². The second-order valence-electron chi connectivity index (χ2n) is 3.62. The molecule has 0 aliphatic carbocycles. The smallest absolute Gasteiger partial charge is 0.360 e. The van der Waals surface area contributed by atoms with Crippen LogP contribution in [0.25, 0.3) is 5.69 Å². The first kappa shape index (κ1) is 12.2. The fourth-order valence-corrected chi connectivity index (χ4v) is 1.57. The van der Waals surface area contributed by atoms with Crippen molar-refractivity contribution in [1.29, 1.82) is 0 Å². The number of hydrogen-bond donors (Lipinski definition) is 1. The fourth-order valence-electron chi connectivity index (χ4n) is 1.57. The second-order valence-corrected chi connectivity index (χ2v) is 3.62. The Labute approximate surface area is 104 Å². The summed E-state index contributed by atoms with van der Waals surface area (Å²) in [5.41, 5.74) is 6.77. The van der Waals surface area contributed by atoms with Crippen LogP contribution in [0, 0.1) is 0 Å². The molecule has 7 heteroatoms. The summed E-state index contributed by atoms with van der Waals surface area (Å²) in [6.45, 7) is 4.77. The molecule has 0 amide bonds. The third-order valence-electron chi connectivity index (χ3n) is 2.50. The van der Waals surface area contributed by atoms with Crippen LogP contribution in [-0.4, -0.2) is 31.9 Å². The van der Waals surface area contributed by atoms with Crippen molar-refractivity contribution in [1.82, 2.24) is 19.3 Å². The first-order valence-corrected chi connectivity index (χ1v) is 5.70. The molecule has 0 aromatic carbocycles. The molecular weight excluding hydrogens is 234 g/mol. The van der Waals surface area contributed by atoms with Crippen LogP contribution in [-0.2, 0) is 11.3 Å². The normalized spacial score (nSPS) is 10.6. The van der Waals surface area contributed by atoms with Gasteiger partial charge in [-0.1, -0.05) is 0 Å². The third kappa shape index (κ3) is 2.06. The van der Waals surface area contributed by atoms with Gasteiger partial charge < -0.3 is 10.5 Å². The monoisotopic (exact) mass is 249 g/mol. The number of ether oxygens (including phenoxy) is 1. The highest BCUT2D eigenvalue weighted by Crippen LogP contribution is 2.17. The average molecular weight is 249 g/mol. The van der Waals surface area contributed by atoms with E-state index in [1.165, 1.54) is 6.33 Å². The Kier molecular flexibility index (Phi) is 3.31. The lowest BCUT2D eigenvalue weighted by Gasteiger charge is -2.02. The molecular formula is C11H15N5O2. The fraction of sp³-hybridized carbons (Fsp3) is 0.364. The zero-order valence-corrected chi connectivity index (χ0v) is 10.3. The number of anilines is 1. The number of hydrogen-bond acceptors (Lipinski definition) is 5. The number of carbonyl (C=O) groups excluding carboxylic acids is 1. The molecule has 0 radical (unpaired) electrons. The van der Waals surface area contributed by atoms with E-state index in [2.05, 4.69) is 10.1 Å². The van der Waals surface area contributed by atoms with Crippen molar-refractivity contribution >= 4 is 11.8 Å². The average Bonchev–Trinajstić information content (AvgIpc) is 2.95. The maximum absolute atomic E-state index is 11.6. The van der Waals surface area contributed by atoms with Gasteiger partial charge in [0.1, 0.15) is 12.1 Å². The Morgan fingerprint density at radius 1 is 1.50 bits per heavy atom. The molecule has 96 valence electrons. The Bertz CT molecular complexity index is 558. The molecule has 0 saturated heterocycles. The van der Waals surface area contributed by atoms with Crippen LogP contribution in [0.3, 0.4) is 0 Å². The van der Waals surface area contributed by atoms with Gasteiger partial charge in [-0.15, -0.1) is 0 Å². The second kappa shape index (κ2) is 4.91. The molecule has 0 aliphatic rings. The number of nitrogens with zero attached hydrogens (tertiary/aromatic N) is 4. The minimum absolute atomic E-state index is 0.126. The molecule has 7 nitrogen and oxygen atoms in total. The van der Waals surface area contributed by atoms with Crippen LogP contribution >= 0.6 is 0 Å². The largest absolute Gasteiger partial charge is 0.461 e. The molecule has 2 rings (SSSR count). The lowest BCUT2D eigenvalue weighted by atomic mass is 10.4. The van der Waals surface area contributed by atoms with Gasteiger partial charge in [-0.2, -0.15) is 5.10 Å². The zero-order chi connectivity index (χ0) is 13.1. The highest BCUT2D eigenvalue weighted by molar-refractivity contribution is 5.92. The molecule has 0 atom stereocenters. The highest BCUT2D eigenvalue weighted by Gasteiger charge is 2.18. The van der Waals surface area contributed by atoms with E-state index in [1.807, 2.05) is 13.1 Å². The van der Waals surface area contributed by atoms with Crippen LogP contribution in [0.2, 0.25) is 0 Å². The van der Waals surface area contributed by atoms with Crippen molar-refractivity contribution in [2.75, 3.05) is 12.3 Å². The van der Waals surface area contributed by atoms with Gasteiger partial charge in [0.2, 0.25) is 0 Å². The Morgan fingerprint density at radius 3 is 2.89 bits per heavy atom. The van der Waals surface area contributed by atoms with Crippen molar-refractivity contribution < 1.29 is 9.53 Å². The van der Waals surface area contributed by atoms with E-state index in [0.717, 1.165) is 12.2 Å². The van der Waals surface area contributed by atoms with E-state index in [0.29, 0.717) is 6.61 Å². The molecule has 0 fully saturated rings. The minimum atomic E-state index is -0.517. The van der Waals surface area contributed by atoms with E-state index >= 15 is 0 Å². The van der Waals surface area contributed by atoms with E-state index in [4.69, 9.17) is 10.5 Å². The first-order valence-electron chi connectivity index (χ1n) is 5.70. The van der Waals surface area contributed by atoms with Crippen LogP contribution in [0.15, 0.2) is 18.7 Å². The van der Waals surface area contributed by atoms with Crippen molar-refractivity contribution in [3.05, 3.63) is 24.4 Å². The molecule has 18 heavy (non-hydrogen) atoms. The molecule has 0 bridgehead atoms. The Balaban J connectivity index is 2.33. The Morgan fingerprint density at radius 2 is 2.28 bits per heavy atom. The van der Waals surface area contributed by atoms with Crippen molar-refractivity contribution in [3.8, 4) is 5.69 Å². The summed E-state index contributed by atoms with van der Waals surface area (Å²) in [6.07, 6.45) is 4.97. The van der Waals surface area contributed by atoms with Crippen LogP contribution in [0.1, 0.15) is 24.3 Å². The van der Waals surface area contributed by atoms with Crippen molar-refractivity contribution in [2.24, 2.45) is 0 Å². The molecule has 2 aromatic rings. The summed E-state index contributed by atoms with van der Waals surface area (Å²) in [6, 6.07) is 0. The number of nitrogens with two attached hydrogens (primary N) is 1. The summed E-state index contributed by atoms with van der Waals surface area (Å²) in [7, 11) is 0. The van der Waals surface area contributed by atoms with E-state index in [1.54, 1.807) is 22.4 Å². The van der Waals surface area contributed by atoms with Gasteiger partial charge in [0.15, 0.2) is 5.69 Å².